The lowest BCUT2D eigenvalue weighted by Gasteiger charge is -2.28. The molecule has 0 saturated carbocycles. The highest BCUT2D eigenvalue weighted by Gasteiger charge is 2.31. The van der Waals surface area contributed by atoms with Gasteiger partial charge in [-0.1, -0.05) is 26.0 Å². The molecule has 2 aromatic carbocycles. The predicted molar refractivity (Wildman–Crippen MR) is 115 cm³/mol. The summed E-state index contributed by atoms with van der Waals surface area (Å²) in [6.07, 6.45) is -3.48. The van der Waals surface area contributed by atoms with Crippen LogP contribution in [-0.2, 0) is 28.7 Å². The number of esters is 1. The van der Waals surface area contributed by atoms with E-state index >= 15 is 0 Å². The number of rotatable bonds is 9. The van der Waals surface area contributed by atoms with Gasteiger partial charge in [-0.3, -0.25) is 9.69 Å². The van der Waals surface area contributed by atoms with Gasteiger partial charge in [-0.05, 0) is 60.8 Å². The third kappa shape index (κ3) is 6.23. The monoisotopic (exact) mass is 437 g/mol. The van der Waals surface area contributed by atoms with Crippen LogP contribution in [0, 0.1) is 0 Å². The summed E-state index contributed by atoms with van der Waals surface area (Å²) in [5.41, 5.74) is 1.87. The number of carbonyl (C=O) groups excluding carboxylic acids is 1. The molecule has 1 unspecified atom stereocenters. The Balaban J connectivity index is 2.63. The maximum Gasteiger partial charge on any atom is 0.416 e. The summed E-state index contributed by atoms with van der Waals surface area (Å²) >= 11 is 0. The zero-order valence-electron chi connectivity index (χ0n) is 18.7. The number of benzene rings is 2. The van der Waals surface area contributed by atoms with Crippen molar-refractivity contribution in [2.24, 2.45) is 0 Å². The molecule has 2 rings (SSSR count). The van der Waals surface area contributed by atoms with Gasteiger partial charge < -0.3 is 9.47 Å². The van der Waals surface area contributed by atoms with Crippen LogP contribution >= 0.6 is 0 Å². The Kier molecular flexibility index (Phi) is 8.51. The molecule has 0 saturated heterocycles. The standard InChI is InChI=1S/C24H30F3NO3/c1-6-16(3)28(7-2)15-18-14-19(24(25,26)27)9-10-20(18)21-12-17(13-23(29)31-5)8-11-22(21)30-4/h8-12,14,16H,6-7,13,15H2,1-5H3. The molecule has 0 radical (unpaired) electrons. The molecule has 31 heavy (non-hydrogen) atoms. The van der Waals surface area contributed by atoms with Gasteiger partial charge in [0.25, 0.3) is 0 Å². The molecule has 0 N–H and O–H groups in total. The van der Waals surface area contributed by atoms with E-state index in [1.807, 2.05) is 6.92 Å². The quantitative estimate of drug-likeness (QED) is 0.471. The Hall–Kier alpha value is -2.54. The molecule has 0 amide bonds. The Labute approximate surface area is 182 Å². The molecule has 0 fully saturated rings. The fraction of sp³-hybridized carbons (Fsp3) is 0.458. The lowest BCUT2D eigenvalue weighted by atomic mass is 9.94. The third-order valence-corrected chi connectivity index (χ3v) is 5.56. The summed E-state index contributed by atoms with van der Waals surface area (Å²) in [6.45, 7) is 7.20. The van der Waals surface area contributed by atoms with Crippen molar-refractivity contribution >= 4 is 5.97 Å². The number of carbonyl (C=O) groups is 1. The van der Waals surface area contributed by atoms with Crippen LogP contribution in [0.1, 0.15) is 43.9 Å². The smallest absolute Gasteiger partial charge is 0.416 e. The number of methoxy groups -OCH3 is 2. The Morgan fingerprint density at radius 2 is 1.77 bits per heavy atom. The van der Waals surface area contributed by atoms with Crippen LogP contribution in [0.3, 0.4) is 0 Å². The summed E-state index contributed by atoms with van der Waals surface area (Å²) in [4.78, 5) is 13.9. The number of hydrogen-bond donors (Lipinski definition) is 0. The first-order valence-electron chi connectivity index (χ1n) is 10.3. The Morgan fingerprint density at radius 1 is 1.06 bits per heavy atom. The van der Waals surface area contributed by atoms with Gasteiger partial charge >= 0.3 is 12.1 Å². The van der Waals surface area contributed by atoms with Crippen LogP contribution < -0.4 is 4.74 Å². The lowest BCUT2D eigenvalue weighted by molar-refractivity contribution is -0.140. The summed E-state index contributed by atoms with van der Waals surface area (Å²) in [7, 11) is 2.83. The van der Waals surface area contributed by atoms with Crippen molar-refractivity contribution in [2.75, 3.05) is 20.8 Å². The largest absolute Gasteiger partial charge is 0.496 e. The van der Waals surface area contributed by atoms with E-state index in [0.717, 1.165) is 12.5 Å². The van der Waals surface area contributed by atoms with Gasteiger partial charge in [0.1, 0.15) is 5.75 Å². The molecule has 0 heterocycles. The zero-order chi connectivity index (χ0) is 23.2. The van der Waals surface area contributed by atoms with Crippen LogP contribution in [0.2, 0.25) is 0 Å². The number of nitrogens with zero attached hydrogens (tertiary/aromatic N) is 1. The van der Waals surface area contributed by atoms with E-state index in [0.29, 0.717) is 41.1 Å². The molecule has 7 heteroatoms. The minimum Gasteiger partial charge on any atom is -0.496 e. The highest BCUT2D eigenvalue weighted by molar-refractivity contribution is 5.77. The molecule has 0 aromatic heterocycles. The maximum atomic E-state index is 13.4. The highest BCUT2D eigenvalue weighted by atomic mass is 19.4. The molecule has 0 aliphatic carbocycles. The molecule has 0 aliphatic rings. The number of hydrogen-bond acceptors (Lipinski definition) is 4. The van der Waals surface area contributed by atoms with E-state index in [9.17, 15) is 18.0 Å². The number of alkyl halides is 3. The van der Waals surface area contributed by atoms with Crippen LogP contribution in [0.25, 0.3) is 11.1 Å². The van der Waals surface area contributed by atoms with Crippen molar-refractivity contribution in [2.45, 2.75) is 52.4 Å². The Morgan fingerprint density at radius 3 is 2.32 bits per heavy atom. The molecular formula is C24H30F3NO3. The first-order chi connectivity index (χ1) is 14.6. The predicted octanol–water partition coefficient (Wildman–Crippen LogP) is 5.72. The van der Waals surface area contributed by atoms with Gasteiger partial charge in [0, 0.05) is 18.2 Å². The molecule has 0 bridgehead atoms. The topological polar surface area (TPSA) is 38.8 Å². The van der Waals surface area contributed by atoms with Crippen LogP contribution in [0.15, 0.2) is 36.4 Å². The van der Waals surface area contributed by atoms with E-state index in [4.69, 9.17) is 9.47 Å². The van der Waals surface area contributed by atoms with Gasteiger partial charge in [-0.25, -0.2) is 0 Å². The van der Waals surface area contributed by atoms with Crippen molar-refractivity contribution in [3.05, 3.63) is 53.1 Å². The lowest BCUT2D eigenvalue weighted by Crippen LogP contribution is -2.32. The first-order valence-corrected chi connectivity index (χ1v) is 10.3. The normalized spacial score (nSPS) is 12.7. The molecule has 170 valence electrons. The minimum absolute atomic E-state index is 0.0669. The molecule has 0 aliphatic heterocycles. The second-order valence-corrected chi connectivity index (χ2v) is 7.48. The third-order valence-electron chi connectivity index (χ3n) is 5.56. The summed E-state index contributed by atoms with van der Waals surface area (Å²) < 4.78 is 50.6. The van der Waals surface area contributed by atoms with Gasteiger partial charge in [-0.2, -0.15) is 13.2 Å². The van der Waals surface area contributed by atoms with Gasteiger partial charge in [0.15, 0.2) is 0 Å². The molecule has 2 aromatic rings. The summed E-state index contributed by atoms with van der Waals surface area (Å²) in [5, 5.41) is 0. The molecule has 4 nitrogen and oxygen atoms in total. The van der Waals surface area contributed by atoms with E-state index < -0.39 is 17.7 Å². The van der Waals surface area contributed by atoms with Crippen molar-refractivity contribution < 1.29 is 27.4 Å². The molecule has 0 spiro atoms. The first kappa shape index (κ1) is 24.7. The Bertz CT molecular complexity index is 896. The van der Waals surface area contributed by atoms with E-state index in [2.05, 4.69) is 18.7 Å². The van der Waals surface area contributed by atoms with Crippen LogP contribution in [0.4, 0.5) is 13.2 Å². The fourth-order valence-corrected chi connectivity index (χ4v) is 3.53. The summed E-state index contributed by atoms with van der Waals surface area (Å²) in [6, 6.07) is 9.27. The summed E-state index contributed by atoms with van der Waals surface area (Å²) in [5.74, 6) is 0.138. The minimum atomic E-state index is -4.43. The average Bonchev–Trinajstić information content (AvgIpc) is 2.75. The molecular weight excluding hydrogens is 407 g/mol. The van der Waals surface area contributed by atoms with E-state index in [1.165, 1.54) is 26.4 Å². The van der Waals surface area contributed by atoms with Crippen LogP contribution in [-0.4, -0.2) is 37.7 Å². The SMILES string of the molecule is CCC(C)N(CC)Cc1cc(C(F)(F)F)ccc1-c1cc(CC(=O)OC)ccc1OC. The average molecular weight is 438 g/mol. The zero-order valence-corrected chi connectivity index (χ0v) is 18.7. The highest BCUT2D eigenvalue weighted by Crippen LogP contribution is 2.38. The van der Waals surface area contributed by atoms with Crippen molar-refractivity contribution in [3.63, 3.8) is 0 Å². The van der Waals surface area contributed by atoms with Crippen molar-refractivity contribution in [1.82, 2.24) is 4.90 Å². The second kappa shape index (κ2) is 10.7. The fourth-order valence-electron chi connectivity index (χ4n) is 3.53. The van der Waals surface area contributed by atoms with Gasteiger partial charge in [0.05, 0.1) is 26.2 Å². The van der Waals surface area contributed by atoms with Crippen LogP contribution in [0.5, 0.6) is 5.75 Å². The van der Waals surface area contributed by atoms with E-state index in [1.54, 1.807) is 18.2 Å². The second-order valence-electron chi connectivity index (χ2n) is 7.48. The molecule has 1 atom stereocenters. The van der Waals surface area contributed by atoms with Gasteiger partial charge in [-0.15, -0.1) is 0 Å². The maximum absolute atomic E-state index is 13.4. The van der Waals surface area contributed by atoms with Crippen molar-refractivity contribution in [1.29, 1.82) is 0 Å². The van der Waals surface area contributed by atoms with E-state index in [-0.39, 0.29) is 12.5 Å². The number of halogens is 3. The van der Waals surface area contributed by atoms with Gasteiger partial charge in [0.2, 0.25) is 0 Å². The van der Waals surface area contributed by atoms with Crippen molar-refractivity contribution in [3.8, 4) is 16.9 Å². The number of ether oxygens (including phenoxy) is 2.